The first-order valence-electron chi connectivity index (χ1n) is 5.67. The summed E-state index contributed by atoms with van der Waals surface area (Å²) in [6, 6.07) is 2.26. The third-order valence-corrected chi connectivity index (χ3v) is 2.52. The Balaban J connectivity index is 3.68. The summed E-state index contributed by atoms with van der Waals surface area (Å²) in [4.78, 5) is 0. The van der Waals surface area contributed by atoms with Crippen LogP contribution < -0.4 is 5.32 Å². The molecule has 0 heterocycles. The minimum atomic E-state index is -0.620. The third kappa shape index (κ3) is 7.35. The van der Waals surface area contributed by atoms with Gasteiger partial charge in [-0.25, -0.2) is 0 Å². The Morgan fingerprint density at radius 2 is 1.87 bits per heavy atom. The number of nitrogens with zero attached hydrogens (tertiary/aromatic N) is 1. The van der Waals surface area contributed by atoms with Crippen molar-refractivity contribution in [1.82, 2.24) is 5.32 Å². The van der Waals surface area contributed by atoms with Gasteiger partial charge in [-0.1, -0.05) is 13.3 Å². The molecule has 0 radical (unpaired) electrons. The number of hydrogen-bond acceptors (Lipinski definition) is 3. The second-order valence-electron chi connectivity index (χ2n) is 5.17. The van der Waals surface area contributed by atoms with E-state index in [2.05, 4.69) is 18.3 Å². The van der Waals surface area contributed by atoms with E-state index >= 15 is 0 Å². The van der Waals surface area contributed by atoms with Gasteiger partial charge in [-0.3, -0.25) is 0 Å². The first-order valence-corrected chi connectivity index (χ1v) is 5.67. The van der Waals surface area contributed by atoms with Gasteiger partial charge in [0, 0.05) is 6.54 Å². The topological polar surface area (TPSA) is 56.0 Å². The normalized spacial score (nSPS) is 15.7. The number of hydrogen-bond donors (Lipinski definition) is 2. The first-order chi connectivity index (χ1) is 6.83. The molecule has 0 aliphatic carbocycles. The highest BCUT2D eigenvalue weighted by Crippen LogP contribution is 2.17. The van der Waals surface area contributed by atoms with Crippen LogP contribution in [0.4, 0.5) is 0 Å². The fraction of sp³-hybridized carbons (Fsp3) is 0.917. The molecule has 2 N–H and O–H groups in total. The maximum atomic E-state index is 9.87. The molecule has 88 valence electrons. The zero-order valence-electron chi connectivity index (χ0n) is 10.4. The number of rotatable bonds is 7. The van der Waals surface area contributed by atoms with Crippen molar-refractivity contribution in [3.05, 3.63) is 0 Å². The lowest BCUT2D eigenvalue weighted by Crippen LogP contribution is -2.38. The second kappa shape index (κ2) is 6.09. The van der Waals surface area contributed by atoms with E-state index in [1.54, 1.807) is 0 Å². The maximum absolute atomic E-state index is 9.87. The summed E-state index contributed by atoms with van der Waals surface area (Å²) in [7, 11) is 0. The summed E-state index contributed by atoms with van der Waals surface area (Å²) in [6.45, 7) is 9.15. The molecule has 1 atom stereocenters. The molecule has 0 fully saturated rings. The van der Waals surface area contributed by atoms with Crippen LogP contribution in [0.1, 0.15) is 47.0 Å². The van der Waals surface area contributed by atoms with Crippen LogP contribution in [0, 0.1) is 16.7 Å². The molecule has 1 unspecified atom stereocenters. The molecule has 0 aromatic heterocycles. The quantitative estimate of drug-likeness (QED) is 0.635. The lowest BCUT2D eigenvalue weighted by molar-refractivity contribution is 0.0497. The van der Waals surface area contributed by atoms with Crippen molar-refractivity contribution >= 4 is 0 Å². The van der Waals surface area contributed by atoms with Crippen LogP contribution in [-0.4, -0.2) is 23.8 Å². The van der Waals surface area contributed by atoms with E-state index in [1.807, 2.05) is 20.8 Å². The summed E-state index contributed by atoms with van der Waals surface area (Å²) in [5.41, 5.74) is -0.894. The molecular formula is C12H24N2O. The maximum Gasteiger partial charge on any atom is 0.0743 e. The van der Waals surface area contributed by atoms with Crippen LogP contribution in [0.3, 0.4) is 0 Å². The van der Waals surface area contributed by atoms with Gasteiger partial charge in [-0.2, -0.15) is 5.26 Å². The predicted octanol–water partition coefficient (Wildman–Crippen LogP) is 2.07. The molecule has 0 amide bonds. The minimum absolute atomic E-state index is 0.274. The van der Waals surface area contributed by atoms with Gasteiger partial charge in [0.2, 0.25) is 0 Å². The Hall–Kier alpha value is -0.590. The zero-order valence-corrected chi connectivity index (χ0v) is 10.4. The molecule has 3 heteroatoms. The summed E-state index contributed by atoms with van der Waals surface area (Å²) in [5.74, 6) is 0. The Labute approximate surface area is 93.5 Å². The van der Waals surface area contributed by atoms with Crippen LogP contribution in [-0.2, 0) is 0 Å². The molecule has 15 heavy (non-hydrogen) atoms. The van der Waals surface area contributed by atoms with E-state index in [4.69, 9.17) is 5.26 Å². The van der Waals surface area contributed by atoms with Crippen molar-refractivity contribution in [3.8, 4) is 6.07 Å². The SMILES string of the molecule is CCCC(C)(O)CNCCC(C)(C)C#N. The van der Waals surface area contributed by atoms with Gasteiger partial charge in [0.05, 0.1) is 17.1 Å². The van der Waals surface area contributed by atoms with Crippen molar-refractivity contribution in [2.75, 3.05) is 13.1 Å². The highest BCUT2D eigenvalue weighted by atomic mass is 16.3. The average molecular weight is 212 g/mol. The van der Waals surface area contributed by atoms with Gasteiger partial charge in [-0.15, -0.1) is 0 Å². The molecule has 0 spiro atoms. The molecule has 3 nitrogen and oxygen atoms in total. The van der Waals surface area contributed by atoms with Crippen LogP contribution >= 0.6 is 0 Å². The molecule has 0 aliphatic heterocycles. The van der Waals surface area contributed by atoms with E-state index in [9.17, 15) is 5.11 Å². The monoisotopic (exact) mass is 212 g/mol. The van der Waals surface area contributed by atoms with E-state index in [0.29, 0.717) is 6.54 Å². The van der Waals surface area contributed by atoms with Crippen molar-refractivity contribution in [2.24, 2.45) is 5.41 Å². The predicted molar refractivity (Wildman–Crippen MR) is 62.4 cm³/mol. The van der Waals surface area contributed by atoms with Crippen LogP contribution in [0.2, 0.25) is 0 Å². The zero-order chi connectivity index (χ0) is 11.9. The highest BCUT2D eigenvalue weighted by molar-refractivity contribution is 4.92. The number of aliphatic hydroxyl groups is 1. The van der Waals surface area contributed by atoms with Gasteiger partial charge < -0.3 is 10.4 Å². The largest absolute Gasteiger partial charge is 0.389 e. The fourth-order valence-corrected chi connectivity index (χ4v) is 1.44. The van der Waals surface area contributed by atoms with E-state index in [0.717, 1.165) is 25.8 Å². The molecule has 0 bridgehead atoms. The average Bonchev–Trinajstić information content (AvgIpc) is 2.13. The Kier molecular flexibility index (Phi) is 5.85. The smallest absolute Gasteiger partial charge is 0.0743 e. The molecule has 0 aliphatic rings. The first kappa shape index (κ1) is 14.4. The van der Waals surface area contributed by atoms with Crippen molar-refractivity contribution < 1.29 is 5.11 Å². The minimum Gasteiger partial charge on any atom is -0.389 e. The van der Waals surface area contributed by atoms with Gasteiger partial charge in [-0.05, 0) is 40.2 Å². The number of nitrogens with one attached hydrogen (secondary N) is 1. The summed E-state index contributed by atoms with van der Waals surface area (Å²) >= 11 is 0. The Morgan fingerprint density at radius 1 is 1.27 bits per heavy atom. The van der Waals surface area contributed by atoms with Gasteiger partial charge >= 0.3 is 0 Å². The molecule has 0 aromatic carbocycles. The Morgan fingerprint density at radius 3 is 2.33 bits per heavy atom. The van der Waals surface area contributed by atoms with Crippen LogP contribution in [0.15, 0.2) is 0 Å². The standard InChI is InChI=1S/C12H24N2O/c1-5-6-12(4,15)10-14-8-7-11(2,3)9-13/h14-15H,5-8,10H2,1-4H3. The molecule has 0 saturated carbocycles. The van der Waals surface area contributed by atoms with E-state index in [-0.39, 0.29) is 5.41 Å². The van der Waals surface area contributed by atoms with Crippen molar-refractivity contribution in [3.63, 3.8) is 0 Å². The van der Waals surface area contributed by atoms with Crippen LogP contribution in [0.25, 0.3) is 0 Å². The summed E-state index contributed by atoms with van der Waals surface area (Å²) in [5, 5.41) is 21.9. The van der Waals surface area contributed by atoms with Crippen LogP contribution in [0.5, 0.6) is 0 Å². The van der Waals surface area contributed by atoms with Gasteiger partial charge in [0.1, 0.15) is 0 Å². The third-order valence-electron chi connectivity index (χ3n) is 2.52. The molecule has 0 aromatic rings. The second-order valence-corrected chi connectivity index (χ2v) is 5.17. The lowest BCUT2D eigenvalue weighted by atomic mass is 9.91. The van der Waals surface area contributed by atoms with Gasteiger partial charge in [0.15, 0.2) is 0 Å². The Bertz CT molecular complexity index is 216. The summed E-state index contributed by atoms with van der Waals surface area (Å²) in [6.07, 6.45) is 2.60. The molecular weight excluding hydrogens is 188 g/mol. The molecule has 0 rings (SSSR count). The van der Waals surface area contributed by atoms with Gasteiger partial charge in [0.25, 0.3) is 0 Å². The van der Waals surface area contributed by atoms with Crippen molar-refractivity contribution in [2.45, 2.75) is 52.6 Å². The fourth-order valence-electron chi connectivity index (χ4n) is 1.44. The highest BCUT2D eigenvalue weighted by Gasteiger charge is 2.20. The van der Waals surface area contributed by atoms with E-state index < -0.39 is 5.60 Å². The molecule has 0 saturated heterocycles. The number of nitriles is 1. The summed E-state index contributed by atoms with van der Waals surface area (Å²) < 4.78 is 0. The lowest BCUT2D eigenvalue weighted by Gasteiger charge is -2.24. The van der Waals surface area contributed by atoms with Crippen molar-refractivity contribution in [1.29, 1.82) is 5.26 Å². The van der Waals surface area contributed by atoms with E-state index in [1.165, 1.54) is 0 Å².